The second-order valence-electron chi connectivity index (χ2n) is 6.07. The van der Waals surface area contributed by atoms with Crippen molar-refractivity contribution in [2.45, 2.75) is 19.0 Å². The van der Waals surface area contributed by atoms with Gasteiger partial charge in [-0.1, -0.05) is 24.3 Å². The van der Waals surface area contributed by atoms with E-state index >= 15 is 0 Å². The average molecular weight is 305 g/mol. The lowest BCUT2D eigenvalue weighted by molar-refractivity contribution is -0.122. The molecule has 1 saturated carbocycles. The van der Waals surface area contributed by atoms with Gasteiger partial charge < -0.3 is 16.0 Å². The largest absolute Gasteiger partial charge is 0.368 e. The molecule has 1 aliphatic carbocycles. The summed E-state index contributed by atoms with van der Waals surface area (Å²) >= 11 is 0. The third kappa shape index (κ3) is 3.21. The number of carbonyl (C=O) groups excluding carboxylic acids is 1. The highest BCUT2D eigenvalue weighted by Crippen LogP contribution is 2.28. The van der Waals surface area contributed by atoms with E-state index in [1.165, 1.54) is 0 Å². The van der Waals surface area contributed by atoms with Crippen molar-refractivity contribution in [2.24, 2.45) is 5.92 Å². The quantitative estimate of drug-likeness (QED) is 0.800. The van der Waals surface area contributed by atoms with Gasteiger partial charge in [0.2, 0.25) is 5.91 Å². The molecule has 0 aromatic heterocycles. The van der Waals surface area contributed by atoms with Crippen molar-refractivity contribution in [2.75, 3.05) is 5.32 Å². The number of rotatable bonds is 4. The van der Waals surface area contributed by atoms with E-state index in [1.54, 1.807) is 0 Å². The fourth-order valence-electron chi connectivity index (χ4n) is 2.72. The zero-order valence-electron chi connectivity index (χ0n) is 12.8. The van der Waals surface area contributed by atoms with Gasteiger partial charge in [0.05, 0.1) is 0 Å². The van der Waals surface area contributed by atoms with Crippen molar-refractivity contribution in [1.82, 2.24) is 10.6 Å². The van der Waals surface area contributed by atoms with Crippen molar-refractivity contribution < 1.29 is 4.79 Å². The SMILES string of the molecule is O=C(NC1C=c2ccc(Nc3ccccc3)cc2=CN1)C1CC1. The molecule has 4 rings (SSSR count). The van der Waals surface area contributed by atoms with Crippen LogP contribution in [0, 0.1) is 5.92 Å². The van der Waals surface area contributed by atoms with Gasteiger partial charge >= 0.3 is 0 Å². The van der Waals surface area contributed by atoms with E-state index in [0.29, 0.717) is 0 Å². The Balaban J connectivity index is 1.52. The van der Waals surface area contributed by atoms with E-state index < -0.39 is 0 Å². The monoisotopic (exact) mass is 305 g/mol. The van der Waals surface area contributed by atoms with Crippen molar-refractivity contribution >= 4 is 29.6 Å². The minimum Gasteiger partial charge on any atom is -0.368 e. The van der Waals surface area contributed by atoms with Crippen molar-refractivity contribution in [3.63, 3.8) is 0 Å². The molecule has 1 atom stereocenters. The average Bonchev–Trinajstić information content (AvgIpc) is 3.41. The summed E-state index contributed by atoms with van der Waals surface area (Å²) in [5.41, 5.74) is 2.11. The molecule has 0 bridgehead atoms. The molecule has 3 N–H and O–H groups in total. The molecule has 1 heterocycles. The third-order valence-electron chi connectivity index (χ3n) is 4.16. The summed E-state index contributed by atoms with van der Waals surface area (Å²) in [4.78, 5) is 11.8. The van der Waals surface area contributed by atoms with Gasteiger partial charge in [0, 0.05) is 23.5 Å². The molecule has 1 fully saturated rings. The molecule has 0 radical (unpaired) electrons. The molecule has 0 spiro atoms. The molecule has 2 aromatic rings. The van der Waals surface area contributed by atoms with Gasteiger partial charge in [-0.25, -0.2) is 0 Å². The molecule has 23 heavy (non-hydrogen) atoms. The lowest BCUT2D eigenvalue weighted by Crippen LogP contribution is -2.48. The second-order valence-corrected chi connectivity index (χ2v) is 6.07. The molecule has 116 valence electrons. The molecular formula is C19H19N3O. The molecule has 2 aromatic carbocycles. The van der Waals surface area contributed by atoms with Gasteiger partial charge in [-0.2, -0.15) is 0 Å². The molecule has 1 aliphatic heterocycles. The molecule has 4 heteroatoms. The summed E-state index contributed by atoms with van der Waals surface area (Å²) < 4.78 is 0. The standard InChI is InChI=1S/C19H19N3O/c23-19(13-6-7-13)22-18-11-14-8-9-17(10-15(14)12-20-18)21-16-4-2-1-3-5-16/h1-5,8-13,18,20-21H,6-7H2,(H,22,23). The van der Waals surface area contributed by atoms with Gasteiger partial charge in [-0.15, -0.1) is 0 Å². The number of hydrogen-bond donors (Lipinski definition) is 3. The lowest BCUT2D eigenvalue weighted by atomic mass is 10.1. The minimum atomic E-state index is -0.122. The van der Waals surface area contributed by atoms with Gasteiger partial charge in [-0.3, -0.25) is 4.79 Å². The van der Waals surface area contributed by atoms with Crippen LogP contribution in [0.2, 0.25) is 0 Å². The normalized spacial score (nSPS) is 18.7. The maximum absolute atomic E-state index is 11.8. The number of carbonyl (C=O) groups is 1. The zero-order chi connectivity index (χ0) is 15.6. The fourth-order valence-corrected chi connectivity index (χ4v) is 2.72. The predicted molar refractivity (Wildman–Crippen MR) is 92.1 cm³/mol. The number of nitrogens with one attached hydrogen (secondary N) is 3. The molecule has 4 nitrogen and oxygen atoms in total. The minimum absolute atomic E-state index is 0.122. The Morgan fingerprint density at radius 2 is 1.83 bits per heavy atom. The van der Waals surface area contributed by atoms with Crippen molar-refractivity contribution in [1.29, 1.82) is 0 Å². The van der Waals surface area contributed by atoms with Crippen LogP contribution in [0.15, 0.2) is 48.5 Å². The van der Waals surface area contributed by atoms with Crippen LogP contribution in [0.3, 0.4) is 0 Å². The first kappa shape index (κ1) is 13.9. The summed E-state index contributed by atoms with van der Waals surface area (Å²) in [6.07, 6.45) is 5.94. The molecule has 1 amide bonds. The first-order valence-electron chi connectivity index (χ1n) is 7.98. The molecule has 1 unspecified atom stereocenters. The maximum atomic E-state index is 11.8. The van der Waals surface area contributed by atoms with Gasteiger partial charge in [-0.05, 0) is 53.6 Å². The van der Waals surface area contributed by atoms with E-state index in [9.17, 15) is 4.79 Å². The number of benzene rings is 2. The van der Waals surface area contributed by atoms with Crippen molar-refractivity contribution in [3.05, 3.63) is 59.0 Å². The Kier molecular flexibility index (Phi) is 3.50. The highest BCUT2D eigenvalue weighted by Gasteiger charge is 2.30. The zero-order valence-corrected chi connectivity index (χ0v) is 12.8. The Labute approximate surface area is 134 Å². The summed E-state index contributed by atoms with van der Waals surface area (Å²) in [7, 11) is 0. The van der Waals surface area contributed by atoms with Crippen LogP contribution < -0.4 is 26.4 Å². The van der Waals surface area contributed by atoms with Crippen LogP contribution in [0.1, 0.15) is 12.8 Å². The number of hydrogen-bond acceptors (Lipinski definition) is 3. The molecular weight excluding hydrogens is 286 g/mol. The Morgan fingerprint density at radius 1 is 1.00 bits per heavy atom. The van der Waals surface area contributed by atoms with E-state index in [0.717, 1.165) is 34.7 Å². The molecule has 2 aliphatic rings. The van der Waals surface area contributed by atoms with Crippen molar-refractivity contribution in [3.8, 4) is 0 Å². The van der Waals surface area contributed by atoms with Crippen LogP contribution in [0.5, 0.6) is 0 Å². The number of fused-ring (bicyclic) bond motifs is 1. The van der Waals surface area contributed by atoms with E-state index in [4.69, 9.17) is 0 Å². The third-order valence-corrected chi connectivity index (χ3v) is 4.16. The highest BCUT2D eigenvalue weighted by molar-refractivity contribution is 5.82. The number of anilines is 2. The number of amides is 1. The second kappa shape index (κ2) is 5.80. The Hall–Kier alpha value is -2.75. The molecule has 0 saturated heterocycles. The summed E-state index contributed by atoms with van der Waals surface area (Å²) in [5.74, 6) is 0.377. The maximum Gasteiger partial charge on any atom is 0.224 e. The Bertz CT molecular complexity index is 841. The number of para-hydroxylation sites is 1. The van der Waals surface area contributed by atoms with Gasteiger partial charge in [0.1, 0.15) is 6.17 Å². The van der Waals surface area contributed by atoms with Crippen LogP contribution in [0.25, 0.3) is 12.3 Å². The van der Waals surface area contributed by atoms with Crippen LogP contribution in [-0.4, -0.2) is 12.1 Å². The van der Waals surface area contributed by atoms with Gasteiger partial charge in [0.25, 0.3) is 0 Å². The van der Waals surface area contributed by atoms with Crippen LogP contribution in [-0.2, 0) is 4.79 Å². The lowest BCUT2D eigenvalue weighted by Gasteiger charge is -2.18. The fraction of sp³-hybridized carbons (Fsp3) is 0.211. The van der Waals surface area contributed by atoms with E-state index in [1.807, 2.05) is 36.5 Å². The predicted octanol–water partition coefficient (Wildman–Crippen LogP) is 1.40. The smallest absolute Gasteiger partial charge is 0.224 e. The highest BCUT2D eigenvalue weighted by atomic mass is 16.2. The topological polar surface area (TPSA) is 53.2 Å². The Morgan fingerprint density at radius 3 is 2.61 bits per heavy atom. The van der Waals surface area contributed by atoms with Crippen LogP contribution >= 0.6 is 0 Å². The van der Waals surface area contributed by atoms with Crippen LogP contribution in [0.4, 0.5) is 11.4 Å². The first-order chi connectivity index (χ1) is 11.3. The van der Waals surface area contributed by atoms with E-state index in [-0.39, 0.29) is 18.0 Å². The first-order valence-corrected chi connectivity index (χ1v) is 7.98. The summed E-state index contributed by atoms with van der Waals surface area (Å²) in [6, 6.07) is 16.3. The van der Waals surface area contributed by atoms with E-state index in [2.05, 4.69) is 40.2 Å². The summed E-state index contributed by atoms with van der Waals surface area (Å²) in [6.45, 7) is 0. The summed E-state index contributed by atoms with van der Waals surface area (Å²) in [5, 5.41) is 11.9. The van der Waals surface area contributed by atoms with Gasteiger partial charge in [0.15, 0.2) is 0 Å².